The summed E-state index contributed by atoms with van der Waals surface area (Å²) >= 11 is 0. The summed E-state index contributed by atoms with van der Waals surface area (Å²) in [5.41, 5.74) is 0. The van der Waals surface area contributed by atoms with Gasteiger partial charge in [0.25, 0.3) is 0 Å². The van der Waals surface area contributed by atoms with Crippen LogP contribution in [0.15, 0.2) is 12.7 Å². The summed E-state index contributed by atoms with van der Waals surface area (Å²) in [5.74, 6) is -0.792. The largest absolute Gasteiger partial charge is 0.481 e. The van der Waals surface area contributed by atoms with Gasteiger partial charge in [-0.2, -0.15) is 0 Å². The summed E-state index contributed by atoms with van der Waals surface area (Å²) in [7, 11) is 0. The molecule has 0 radical (unpaired) electrons. The van der Waals surface area contributed by atoms with Crippen molar-refractivity contribution < 1.29 is 19.8 Å². The fourth-order valence-corrected chi connectivity index (χ4v) is 1.44. The number of hydrogen-bond donors (Lipinski definition) is 3. The fourth-order valence-electron chi connectivity index (χ4n) is 1.44. The van der Waals surface area contributed by atoms with Crippen LogP contribution in [0, 0.1) is 0 Å². The number of rotatable bonds is 10. The molecular weight excluding hydrogens is 236 g/mol. The van der Waals surface area contributed by atoms with Gasteiger partial charge in [0.1, 0.15) is 0 Å². The summed E-state index contributed by atoms with van der Waals surface area (Å²) in [6.07, 6.45) is 3.91. The molecule has 0 heterocycles. The molecule has 0 saturated heterocycles. The van der Waals surface area contributed by atoms with Crippen molar-refractivity contribution in [3.63, 3.8) is 0 Å². The standard InChI is InChI=1S/C12H22N2O4/c1-2-8-14(9-10-15)12(18)13-7-5-3-4-6-11(16)17/h2,15H,1,3-10H2,(H,13,18)(H,16,17). The number of hydrogen-bond acceptors (Lipinski definition) is 3. The average Bonchev–Trinajstić information content (AvgIpc) is 2.32. The number of carboxylic acids is 1. The summed E-state index contributed by atoms with van der Waals surface area (Å²) in [6, 6.07) is -0.234. The van der Waals surface area contributed by atoms with Crippen LogP contribution in [0.1, 0.15) is 25.7 Å². The minimum Gasteiger partial charge on any atom is -0.481 e. The van der Waals surface area contributed by atoms with Crippen molar-refractivity contribution in [1.82, 2.24) is 10.2 Å². The van der Waals surface area contributed by atoms with E-state index >= 15 is 0 Å². The Kier molecular flexibility index (Phi) is 9.67. The highest BCUT2D eigenvalue weighted by molar-refractivity contribution is 5.74. The maximum Gasteiger partial charge on any atom is 0.317 e. The number of carbonyl (C=O) groups is 2. The monoisotopic (exact) mass is 258 g/mol. The Labute approximate surface area is 107 Å². The molecular formula is C12H22N2O4. The topological polar surface area (TPSA) is 89.9 Å². The summed E-state index contributed by atoms with van der Waals surface area (Å²) in [5, 5.41) is 20.0. The quantitative estimate of drug-likeness (QED) is 0.400. The van der Waals surface area contributed by atoms with Gasteiger partial charge in [-0.15, -0.1) is 6.58 Å². The van der Waals surface area contributed by atoms with Crippen molar-refractivity contribution in [2.24, 2.45) is 0 Å². The summed E-state index contributed by atoms with van der Waals surface area (Å²) in [6.45, 7) is 4.64. The molecule has 0 aliphatic carbocycles. The minimum absolute atomic E-state index is 0.0835. The van der Waals surface area contributed by atoms with Crippen LogP contribution in [-0.4, -0.2) is 53.4 Å². The molecule has 0 atom stereocenters. The molecule has 0 aliphatic rings. The van der Waals surface area contributed by atoms with Gasteiger partial charge in [-0.3, -0.25) is 4.79 Å². The predicted molar refractivity (Wildman–Crippen MR) is 68.4 cm³/mol. The smallest absolute Gasteiger partial charge is 0.317 e. The van der Waals surface area contributed by atoms with E-state index in [1.807, 2.05) is 0 Å². The molecule has 104 valence electrons. The number of urea groups is 1. The molecule has 0 aromatic heterocycles. The zero-order valence-corrected chi connectivity index (χ0v) is 10.6. The molecule has 2 amide bonds. The van der Waals surface area contributed by atoms with E-state index in [1.165, 1.54) is 4.90 Å². The van der Waals surface area contributed by atoms with Crippen LogP contribution in [0.2, 0.25) is 0 Å². The first-order valence-electron chi connectivity index (χ1n) is 6.08. The number of aliphatic hydroxyl groups excluding tert-OH is 1. The van der Waals surface area contributed by atoms with Gasteiger partial charge < -0.3 is 20.4 Å². The van der Waals surface area contributed by atoms with Crippen LogP contribution in [-0.2, 0) is 4.79 Å². The van der Waals surface area contributed by atoms with Crippen molar-refractivity contribution in [3.05, 3.63) is 12.7 Å². The van der Waals surface area contributed by atoms with E-state index < -0.39 is 5.97 Å². The Morgan fingerprint density at radius 3 is 2.56 bits per heavy atom. The zero-order chi connectivity index (χ0) is 13.8. The van der Waals surface area contributed by atoms with E-state index in [4.69, 9.17) is 10.2 Å². The molecule has 0 unspecified atom stereocenters. The molecule has 18 heavy (non-hydrogen) atoms. The van der Waals surface area contributed by atoms with Crippen molar-refractivity contribution in [2.75, 3.05) is 26.2 Å². The first-order valence-corrected chi connectivity index (χ1v) is 6.08. The third kappa shape index (κ3) is 8.58. The number of carbonyl (C=O) groups excluding carboxylic acids is 1. The van der Waals surface area contributed by atoms with E-state index in [0.717, 1.165) is 12.8 Å². The first kappa shape index (κ1) is 16.4. The molecule has 0 rings (SSSR count). The number of unbranched alkanes of at least 4 members (excludes halogenated alkanes) is 2. The molecule has 0 fully saturated rings. The molecule has 0 aromatic rings. The SMILES string of the molecule is C=CCN(CCO)C(=O)NCCCCCC(=O)O. The predicted octanol–water partition coefficient (Wildman–Crippen LogP) is 0.821. The zero-order valence-electron chi connectivity index (χ0n) is 10.6. The third-order valence-corrected chi connectivity index (χ3v) is 2.35. The lowest BCUT2D eigenvalue weighted by Crippen LogP contribution is -2.41. The van der Waals surface area contributed by atoms with Crippen LogP contribution < -0.4 is 5.32 Å². The molecule has 0 bridgehead atoms. The van der Waals surface area contributed by atoms with Gasteiger partial charge in [-0.25, -0.2) is 4.79 Å². The maximum absolute atomic E-state index is 11.6. The van der Waals surface area contributed by atoms with Crippen LogP contribution in [0.4, 0.5) is 4.79 Å². The normalized spacial score (nSPS) is 9.83. The van der Waals surface area contributed by atoms with Crippen LogP contribution in [0.3, 0.4) is 0 Å². The van der Waals surface area contributed by atoms with E-state index in [1.54, 1.807) is 6.08 Å². The number of nitrogens with one attached hydrogen (secondary N) is 1. The molecule has 0 aromatic carbocycles. The molecule has 3 N–H and O–H groups in total. The van der Waals surface area contributed by atoms with Crippen molar-refractivity contribution >= 4 is 12.0 Å². The number of aliphatic hydroxyl groups is 1. The highest BCUT2D eigenvalue weighted by atomic mass is 16.4. The minimum atomic E-state index is -0.792. The van der Waals surface area contributed by atoms with Gasteiger partial charge in [0, 0.05) is 26.1 Å². The first-order chi connectivity index (χ1) is 8.61. The van der Waals surface area contributed by atoms with Gasteiger partial charge in [0.15, 0.2) is 0 Å². The van der Waals surface area contributed by atoms with E-state index in [9.17, 15) is 9.59 Å². The summed E-state index contributed by atoms with van der Waals surface area (Å²) in [4.78, 5) is 23.4. The van der Waals surface area contributed by atoms with Gasteiger partial charge in [-0.05, 0) is 12.8 Å². The second-order valence-corrected chi connectivity index (χ2v) is 3.89. The van der Waals surface area contributed by atoms with Crippen LogP contribution >= 0.6 is 0 Å². The number of amides is 2. The number of aliphatic carboxylic acids is 1. The second kappa shape index (κ2) is 10.6. The highest BCUT2D eigenvalue weighted by Crippen LogP contribution is 1.99. The lowest BCUT2D eigenvalue weighted by molar-refractivity contribution is -0.137. The molecule has 0 saturated carbocycles. The van der Waals surface area contributed by atoms with Gasteiger partial charge in [0.2, 0.25) is 0 Å². The Balaban J connectivity index is 3.66. The van der Waals surface area contributed by atoms with E-state index in [-0.39, 0.29) is 25.6 Å². The summed E-state index contributed by atoms with van der Waals surface area (Å²) < 4.78 is 0. The fraction of sp³-hybridized carbons (Fsp3) is 0.667. The highest BCUT2D eigenvalue weighted by Gasteiger charge is 2.09. The maximum atomic E-state index is 11.6. The van der Waals surface area contributed by atoms with Crippen molar-refractivity contribution in [2.45, 2.75) is 25.7 Å². The lowest BCUT2D eigenvalue weighted by Gasteiger charge is -2.20. The Hall–Kier alpha value is -1.56. The Morgan fingerprint density at radius 1 is 1.28 bits per heavy atom. The van der Waals surface area contributed by atoms with Crippen LogP contribution in [0.25, 0.3) is 0 Å². The van der Waals surface area contributed by atoms with Gasteiger partial charge in [0.05, 0.1) is 6.61 Å². The Morgan fingerprint density at radius 2 is 2.00 bits per heavy atom. The van der Waals surface area contributed by atoms with E-state index in [2.05, 4.69) is 11.9 Å². The number of carboxylic acid groups (broad SMARTS) is 1. The Bertz CT molecular complexity index is 269. The average molecular weight is 258 g/mol. The van der Waals surface area contributed by atoms with Gasteiger partial charge >= 0.3 is 12.0 Å². The van der Waals surface area contributed by atoms with Gasteiger partial charge in [-0.1, -0.05) is 12.5 Å². The third-order valence-electron chi connectivity index (χ3n) is 2.35. The molecule has 0 spiro atoms. The lowest BCUT2D eigenvalue weighted by atomic mass is 10.2. The molecule has 6 nitrogen and oxygen atoms in total. The van der Waals surface area contributed by atoms with Crippen LogP contribution in [0.5, 0.6) is 0 Å². The van der Waals surface area contributed by atoms with Crippen molar-refractivity contribution in [3.8, 4) is 0 Å². The second-order valence-electron chi connectivity index (χ2n) is 3.89. The molecule has 0 aliphatic heterocycles. The number of nitrogens with zero attached hydrogens (tertiary/aromatic N) is 1. The molecule has 6 heteroatoms. The van der Waals surface area contributed by atoms with Crippen molar-refractivity contribution in [1.29, 1.82) is 0 Å². The van der Waals surface area contributed by atoms with E-state index in [0.29, 0.717) is 19.5 Å².